The average molecular weight is 444 g/mol. The Bertz CT molecular complexity index is 536. The molecule has 1 aromatic carbocycles. The van der Waals surface area contributed by atoms with Gasteiger partial charge in [0, 0.05) is 38.3 Å². The Morgan fingerprint density at radius 1 is 1.17 bits per heavy atom. The van der Waals surface area contributed by atoms with Crippen LogP contribution in [0, 0.1) is 0 Å². The van der Waals surface area contributed by atoms with Gasteiger partial charge >= 0.3 is 0 Å². The largest absolute Gasteiger partial charge is 0.354 e. The van der Waals surface area contributed by atoms with E-state index < -0.39 is 0 Å². The Hall–Kier alpha value is -1.31. The van der Waals surface area contributed by atoms with Gasteiger partial charge in [0.15, 0.2) is 5.96 Å². The summed E-state index contributed by atoms with van der Waals surface area (Å²) >= 11 is 0. The zero-order valence-electron chi connectivity index (χ0n) is 14.8. The van der Waals surface area contributed by atoms with Crippen molar-refractivity contribution in [1.82, 2.24) is 15.5 Å². The lowest BCUT2D eigenvalue weighted by Crippen LogP contribution is -2.40. The molecule has 1 aliphatic rings. The van der Waals surface area contributed by atoms with Gasteiger partial charge in [0.05, 0.1) is 0 Å². The third kappa shape index (κ3) is 6.30. The van der Waals surface area contributed by atoms with Gasteiger partial charge in [0.25, 0.3) is 5.91 Å². The Balaban J connectivity index is 0.00000288. The number of hydrogen-bond acceptors (Lipinski definition) is 2. The van der Waals surface area contributed by atoms with Crippen LogP contribution in [0.4, 0.5) is 0 Å². The summed E-state index contributed by atoms with van der Waals surface area (Å²) in [5.74, 6) is 0.940. The molecule has 1 aliphatic heterocycles. The minimum Gasteiger partial charge on any atom is -0.354 e. The molecule has 0 bridgehead atoms. The second-order valence-corrected chi connectivity index (χ2v) is 6.27. The normalized spacial score (nSPS) is 15.0. The van der Waals surface area contributed by atoms with Gasteiger partial charge < -0.3 is 15.5 Å². The van der Waals surface area contributed by atoms with Crippen molar-refractivity contribution in [2.24, 2.45) is 4.99 Å². The molecular formula is C18H29IN4O. The maximum absolute atomic E-state index is 12.4. The smallest absolute Gasteiger partial charge is 0.253 e. The van der Waals surface area contributed by atoms with Crippen molar-refractivity contribution in [2.45, 2.75) is 45.7 Å². The fourth-order valence-corrected chi connectivity index (χ4v) is 2.70. The van der Waals surface area contributed by atoms with Crippen molar-refractivity contribution < 1.29 is 4.79 Å². The van der Waals surface area contributed by atoms with Gasteiger partial charge in [-0.2, -0.15) is 0 Å². The third-order valence-electron chi connectivity index (χ3n) is 3.95. The summed E-state index contributed by atoms with van der Waals surface area (Å²) in [6, 6.07) is 8.20. The Morgan fingerprint density at radius 2 is 1.79 bits per heavy atom. The predicted molar refractivity (Wildman–Crippen MR) is 110 cm³/mol. The van der Waals surface area contributed by atoms with E-state index in [4.69, 9.17) is 0 Å². The van der Waals surface area contributed by atoms with E-state index in [-0.39, 0.29) is 29.9 Å². The standard InChI is InChI=1S/C18H28N4O.HI/c1-14(2)21-18(19-3)20-13-15-7-9-16(10-8-15)17(23)22-11-5-4-6-12-22;/h7-10,14H,4-6,11-13H2,1-3H3,(H2,19,20,21);1H. The van der Waals surface area contributed by atoms with Gasteiger partial charge in [0.1, 0.15) is 0 Å². The zero-order valence-corrected chi connectivity index (χ0v) is 17.2. The molecule has 0 saturated carbocycles. The molecule has 0 atom stereocenters. The van der Waals surface area contributed by atoms with E-state index in [1.54, 1.807) is 7.05 Å². The van der Waals surface area contributed by atoms with Crippen molar-refractivity contribution >= 4 is 35.8 Å². The lowest BCUT2D eigenvalue weighted by Gasteiger charge is -2.26. The quantitative estimate of drug-likeness (QED) is 0.427. The molecule has 1 heterocycles. The highest BCUT2D eigenvalue weighted by Crippen LogP contribution is 2.13. The SMILES string of the molecule is CN=C(NCc1ccc(C(=O)N2CCCCC2)cc1)NC(C)C.I. The number of carbonyl (C=O) groups is 1. The Kier molecular flexibility index (Phi) is 9.10. The number of piperidine rings is 1. The first-order valence-electron chi connectivity index (χ1n) is 8.45. The van der Waals surface area contributed by atoms with Crippen LogP contribution < -0.4 is 10.6 Å². The molecule has 5 nitrogen and oxygen atoms in total. The predicted octanol–water partition coefficient (Wildman–Crippen LogP) is 3.00. The highest BCUT2D eigenvalue weighted by Gasteiger charge is 2.17. The number of nitrogens with one attached hydrogen (secondary N) is 2. The fourth-order valence-electron chi connectivity index (χ4n) is 2.70. The molecule has 6 heteroatoms. The number of likely N-dealkylation sites (tertiary alicyclic amines) is 1. The summed E-state index contributed by atoms with van der Waals surface area (Å²) in [6.07, 6.45) is 3.48. The molecule has 0 unspecified atom stereocenters. The van der Waals surface area contributed by atoms with Crippen LogP contribution in [0.1, 0.15) is 49.0 Å². The van der Waals surface area contributed by atoms with Crippen molar-refractivity contribution in [2.75, 3.05) is 20.1 Å². The Morgan fingerprint density at radius 3 is 2.33 bits per heavy atom. The second-order valence-electron chi connectivity index (χ2n) is 6.27. The second kappa shape index (κ2) is 10.5. The fraction of sp³-hybridized carbons (Fsp3) is 0.556. The summed E-state index contributed by atoms with van der Waals surface area (Å²) in [7, 11) is 1.76. The number of amides is 1. The highest BCUT2D eigenvalue weighted by atomic mass is 127. The minimum atomic E-state index is 0. The van der Waals surface area contributed by atoms with E-state index in [1.165, 1.54) is 6.42 Å². The number of rotatable bonds is 4. The van der Waals surface area contributed by atoms with Crippen LogP contribution >= 0.6 is 24.0 Å². The van der Waals surface area contributed by atoms with Gasteiger partial charge in [0.2, 0.25) is 0 Å². The van der Waals surface area contributed by atoms with Crippen LogP contribution in [0.2, 0.25) is 0 Å². The molecular weight excluding hydrogens is 415 g/mol. The van der Waals surface area contributed by atoms with Gasteiger partial charge in [-0.25, -0.2) is 0 Å². The summed E-state index contributed by atoms with van der Waals surface area (Å²) in [5.41, 5.74) is 1.91. The zero-order chi connectivity index (χ0) is 16.7. The van der Waals surface area contributed by atoms with Crippen LogP contribution in [0.5, 0.6) is 0 Å². The van der Waals surface area contributed by atoms with Crippen LogP contribution in [0.25, 0.3) is 0 Å². The van der Waals surface area contributed by atoms with Crippen molar-refractivity contribution in [3.8, 4) is 0 Å². The number of aliphatic imine (C=N–C) groups is 1. The lowest BCUT2D eigenvalue weighted by atomic mass is 10.1. The molecule has 134 valence electrons. The maximum atomic E-state index is 12.4. The first-order chi connectivity index (χ1) is 11.1. The van der Waals surface area contributed by atoms with Crippen LogP contribution in [-0.2, 0) is 6.54 Å². The number of benzene rings is 1. The first kappa shape index (κ1) is 20.7. The van der Waals surface area contributed by atoms with Crippen molar-refractivity contribution in [1.29, 1.82) is 0 Å². The summed E-state index contributed by atoms with van der Waals surface area (Å²) in [4.78, 5) is 18.6. The monoisotopic (exact) mass is 444 g/mol. The summed E-state index contributed by atoms with van der Waals surface area (Å²) in [6.45, 7) is 6.62. The van der Waals surface area contributed by atoms with Crippen LogP contribution in [0.3, 0.4) is 0 Å². The molecule has 1 aromatic rings. The average Bonchev–Trinajstić information content (AvgIpc) is 2.59. The molecule has 2 N–H and O–H groups in total. The van der Waals surface area contributed by atoms with Gasteiger partial charge in [-0.1, -0.05) is 12.1 Å². The van der Waals surface area contributed by atoms with Crippen molar-refractivity contribution in [3.05, 3.63) is 35.4 Å². The Labute approximate surface area is 162 Å². The van der Waals surface area contributed by atoms with E-state index in [0.29, 0.717) is 12.6 Å². The molecule has 1 amide bonds. The number of carbonyl (C=O) groups excluding carboxylic acids is 1. The number of guanidine groups is 1. The molecule has 0 aliphatic carbocycles. The van der Waals surface area contributed by atoms with Crippen molar-refractivity contribution in [3.63, 3.8) is 0 Å². The highest BCUT2D eigenvalue weighted by molar-refractivity contribution is 14.0. The number of hydrogen-bond donors (Lipinski definition) is 2. The van der Waals surface area contributed by atoms with Gasteiger partial charge in [-0.3, -0.25) is 9.79 Å². The maximum Gasteiger partial charge on any atom is 0.253 e. The number of halogens is 1. The van der Waals surface area contributed by atoms with E-state index >= 15 is 0 Å². The first-order valence-corrected chi connectivity index (χ1v) is 8.45. The molecule has 0 radical (unpaired) electrons. The lowest BCUT2D eigenvalue weighted by molar-refractivity contribution is 0.0724. The van der Waals surface area contributed by atoms with Crippen LogP contribution in [-0.4, -0.2) is 42.9 Å². The van der Waals surface area contributed by atoms with E-state index in [2.05, 4.69) is 29.5 Å². The van der Waals surface area contributed by atoms with E-state index in [1.807, 2.05) is 29.2 Å². The molecule has 1 saturated heterocycles. The van der Waals surface area contributed by atoms with E-state index in [0.717, 1.165) is 43.0 Å². The molecule has 0 spiro atoms. The molecule has 0 aromatic heterocycles. The molecule has 24 heavy (non-hydrogen) atoms. The molecule has 2 rings (SSSR count). The minimum absolute atomic E-state index is 0. The third-order valence-corrected chi connectivity index (χ3v) is 3.95. The van der Waals surface area contributed by atoms with Gasteiger partial charge in [-0.05, 0) is 50.8 Å². The number of nitrogens with zero attached hydrogens (tertiary/aromatic N) is 2. The van der Waals surface area contributed by atoms with E-state index in [9.17, 15) is 4.79 Å². The topological polar surface area (TPSA) is 56.7 Å². The summed E-state index contributed by atoms with van der Waals surface area (Å²) < 4.78 is 0. The molecule has 1 fully saturated rings. The van der Waals surface area contributed by atoms with Crippen LogP contribution in [0.15, 0.2) is 29.3 Å². The summed E-state index contributed by atoms with van der Waals surface area (Å²) in [5, 5.41) is 6.52. The van der Waals surface area contributed by atoms with Gasteiger partial charge in [-0.15, -0.1) is 24.0 Å².